The molecule has 0 bridgehead atoms. The van der Waals surface area contributed by atoms with Crippen molar-refractivity contribution < 1.29 is 0 Å². The Labute approximate surface area is 131 Å². The van der Waals surface area contributed by atoms with Gasteiger partial charge in [-0.15, -0.1) is 0 Å². The Bertz CT molecular complexity index is 593. The zero-order chi connectivity index (χ0) is 15.5. The van der Waals surface area contributed by atoms with E-state index in [1.165, 1.54) is 32.1 Å². The van der Waals surface area contributed by atoms with E-state index >= 15 is 0 Å². The first kappa shape index (κ1) is 14.8. The third-order valence-electron chi connectivity index (χ3n) is 4.59. The van der Waals surface area contributed by atoms with Gasteiger partial charge in [0.1, 0.15) is 5.82 Å². The highest BCUT2D eigenvalue weighted by Gasteiger charge is 2.24. The molecule has 2 heterocycles. The maximum absolute atomic E-state index is 6.06. The number of nitrogen functional groups attached to an aromatic ring is 1. The van der Waals surface area contributed by atoms with Gasteiger partial charge in [0, 0.05) is 23.5 Å². The monoisotopic (exact) mass is 300 g/mol. The Kier molecular flexibility index (Phi) is 4.27. The van der Waals surface area contributed by atoms with E-state index in [0.29, 0.717) is 11.9 Å². The van der Waals surface area contributed by atoms with Crippen LogP contribution < -0.4 is 10.6 Å². The molecule has 0 radical (unpaired) electrons. The lowest BCUT2D eigenvalue weighted by Gasteiger charge is -2.34. The van der Waals surface area contributed by atoms with Crippen molar-refractivity contribution in [1.82, 2.24) is 20.2 Å². The lowest BCUT2D eigenvalue weighted by atomic mass is 9.94. The van der Waals surface area contributed by atoms with E-state index in [0.717, 1.165) is 29.4 Å². The summed E-state index contributed by atoms with van der Waals surface area (Å²) in [5.41, 5.74) is 9.06. The number of nitrogens with zero attached hydrogens (tertiary/aromatic N) is 4. The number of aromatic nitrogens is 4. The molecule has 0 saturated heterocycles. The van der Waals surface area contributed by atoms with Crippen LogP contribution in [0.15, 0.2) is 12.3 Å². The molecule has 2 aromatic rings. The molecular formula is C16H24N6. The SMILES string of the molecule is Cc1nc(N(Cc2ccn[nH]2)C2CCCCC2)nc(N)c1C. The molecule has 6 nitrogen and oxygen atoms in total. The first-order valence-electron chi connectivity index (χ1n) is 8.00. The number of hydrogen-bond acceptors (Lipinski definition) is 5. The molecule has 0 spiro atoms. The number of anilines is 2. The topological polar surface area (TPSA) is 83.7 Å². The fraction of sp³-hybridized carbons (Fsp3) is 0.562. The van der Waals surface area contributed by atoms with Gasteiger partial charge in [-0.25, -0.2) is 4.98 Å². The minimum atomic E-state index is 0.471. The van der Waals surface area contributed by atoms with E-state index < -0.39 is 0 Å². The standard InChI is InChI=1S/C16H24N6/c1-11-12(2)19-16(20-15(11)17)22(10-13-8-9-18-21-13)14-6-4-3-5-7-14/h8-9,14H,3-7,10H2,1-2H3,(H,18,21)(H2,17,19,20). The maximum Gasteiger partial charge on any atom is 0.228 e. The molecule has 0 aliphatic heterocycles. The molecule has 1 saturated carbocycles. The second-order valence-electron chi connectivity index (χ2n) is 6.12. The summed E-state index contributed by atoms with van der Waals surface area (Å²) in [6, 6.07) is 2.47. The number of H-pyrrole nitrogens is 1. The van der Waals surface area contributed by atoms with Gasteiger partial charge in [0.05, 0.1) is 12.2 Å². The summed E-state index contributed by atoms with van der Waals surface area (Å²) in [6.45, 7) is 4.70. The van der Waals surface area contributed by atoms with Crippen molar-refractivity contribution in [3.63, 3.8) is 0 Å². The van der Waals surface area contributed by atoms with Gasteiger partial charge >= 0.3 is 0 Å². The van der Waals surface area contributed by atoms with E-state index in [2.05, 4.69) is 20.1 Å². The Morgan fingerprint density at radius 3 is 2.64 bits per heavy atom. The van der Waals surface area contributed by atoms with E-state index in [-0.39, 0.29) is 0 Å². The predicted octanol–water partition coefficient (Wildman–Crippen LogP) is 2.74. The van der Waals surface area contributed by atoms with Crippen molar-refractivity contribution in [2.24, 2.45) is 0 Å². The number of aromatic amines is 1. The summed E-state index contributed by atoms with van der Waals surface area (Å²) in [4.78, 5) is 11.5. The molecule has 2 aromatic heterocycles. The quantitative estimate of drug-likeness (QED) is 0.907. The van der Waals surface area contributed by atoms with Gasteiger partial charge in [0.15, 0.2) is 0 Å². The van der Waals surface area contributed by atoms with Crippen LogP contribution in [-0.4, -0.2) is 26.2 Å². The van der Waals surface area contributed by atoms with Crippen molar-refractivity contribution in [1.29, 1.82) is 0 Å². The third-order valence-corrected chi connectivity index (χ3v) is 4.59. The van der Waals surface area contributed by atoms with Crippen molar-refractivity contribution in [3.8, 4) is 0 Å². The number of nitrogens with two attached hydrogens (primary N) is 1. The minimum absolute atomic E-state index is 0.471. The fourth-order valence-electron chi connectivity index (χ4n) is 3.08. The summed E-state index contributed by atoms with van der Waals surface area (Å²) in [5.74, 6) is 1.31. The summed E-state index contributed by atoms with van der Waals surface area (Å²) >= 11 is 0. The largest absolute Gasteiger partial charge is 0.383 e. The summed E-state index contributed by atoms with van der Waals surface area (Å²) in [7, 11) is 0. The average molecular weight is 300 g/mol. The van der Waals surface area contributed by atoms with Gasteiger partial charge in [-0.1, -0.05) is 19.3 Å². The second-order valence-corrected chi connectivity index (χ2v) is 6.12. The van der Waals surface area contributed by atoms with Crippen molar-refractivity contribution in [3.05, 3.63) is 29.2 Å². The van der Waals surface area contributed by atoms with Crippen LogP contribution in [-0.2, 0) is 6.54 Å². The summed E-state index contributed by atoms with van der Waals surface area (Å²) < 4.78 is 0. The van der Waals surface area contributed by atoms with E-state index in [4.69, 9.17) is 10.7 Å². The van der Waals surface area contributed by atoms with E-state index in [1.54, 1.807) is 6.20 Å². The Balaban J connectivity index is 1.93. The molecule has 3 rings (SSSR count). The van der Waals surface area contributed by atoms with Crippen molar-refractivity contribution in [2.75, 3.05) is 10.6 Å². The molecule has 1 fully saturated rings. The minimum Gasteiger partial charge on any atom is -0.383 e. The first-order chi connectivity index (χ1) is 10.6. The molecule has 0 atom stereocenters. The molecule has 1 aliphatic rings. The molecule has 6 heteroatoms. The second kappa shape index (κ2) is 6.34. The Hall–Kier alpha value is -2.11. The first-order valence-corrected chi connectivity index (χ1v) is 8.00. The van der Waals surface area contributed by atoms with Crippen molar-refractivity contribution >= 4 is 11.8 Å². The average Bonchev–Trinajstić information content (AvgIpc) is 3.04. The van der Waals surface area contributed by atoms with Crippen LogP contribution in [0.1, 0.15) is 49.1 Å². The number of hydrogen-bond donors (Lipinski definition) is 2. The van der Waals surface area contributed by atoms with Crippen LogP contribution in [0.25, 0.3) is 0 Å². The molecule has 0 amide bonds. The fourth-order valence-corrected chi connectivity index (χ4v) is 3.08. The number of rotatable bonds is 4. The van der Waals surface area contributed by atoms with Crippen molar-refractivity contribution in [2.45, 2.75) is 58.5 Å². The molecular weight excluding hydrogens is 276 g/mol. The van der Waals surface area contributed by atoms with Crippen LogP contribution in [0.2, 0.25) is 0 Å². The lowest BCUT2D eigenvalue weighted by Crippen LogP contribution is -2.38. The van der Waals surface area contributed by atoms with Crippen LogP contribution in [0.3, 0.4) is 0 Å². The van der Waals surface area contributed by atoms with Gasteiger partial charge in [-0.2, -0.15) is 10.1 Å². The zero-order valence-electron chi connectivity index (χ0n) is 13.3. The molecule has 3 N–H and O–H groups in total. The van der Waals surface area contributed by atoms with Gasteiger partial charge < -0.3 is 10.6 Å². The normalized spacial score (nSPS) is 15.9. The Morgan fingerprint density at radius 2 is 2.00 bits per heavy atom. The molecule has 1 aliphatic carbocycles. The predicted molar refractivity (Wildman–Crippen MR) is 87.6 cm³/mol. The number of nitrogens with one attached hydrogen (secondary N) is 1. The lowest BCUT2D eigenvalue weighted by molar-refractivity contribution is 0.407. The highest BCUT2D eigenvalue weighted by molar-refractivity contribution is 5.47. The molecule has 0 aromatic carbocycles. The molecule has 0 unspecified atom stereocenters. The maximum atomic E-state index is 6.06. The van der Waals surface area contributed by atoms with E-state index in [1.807, 2.05) is 19.9 Å². The van der Waals surface area contributed by atoms with Gasteiger partial charge in [0.2, 0.25) is 5.95 Å². The smallest absolute Gasteiger partial charge is 0.228 e. The molecule has 118 valence electrons. The van der Waals surface area contributed by atoms with Gasteiger partial charge in [-0.3, -0.25) is 5.10 Å². The molecule has 22 heavy (non-hydrogen) atoms. The van der Waals surface area contributed by atoms with Crippen LogP contribution in [0.5, 0.6) is 0 Å². The Morgan fingerprint density at radius 1 is 1.23 bits per heavy atom. The van der Waals surface area contributed by atoms with E-state index in [9.17, 15) is 0 Å². The van der Waals surface area contributed by atoms with Gasteiger partial charge in [-0.05, 0) is 32.8 Å². The summed E-state index contributed by atoms with van der Waals surface area (Å²) in [6.07, 6.45) is 8.01. The van der Waals surface area contributed by atoms with Crippen LogP contribution in [0.4, 0.5) is 11.8 Å². The highest BCUT2D eigenvalue weighted by atomic mass is 15.3. The van der Waals surface area contributed by atoms with Crippen LogP contribution >= 0.6 is 0 Å². The zero-order valence-corrected chi connectivity index (χ0v) is 13.3. The highest BCUT2D eigenvalue weighted by Crippen LogP contribution is 2.28. The van der Waals surface area contributed by atoms with Crippen LogP contribution in [0, 0.1) is 13.8 Å². The number of aryl methyl sites for hydroxylation is 1. The summed E-state index contributed by atoms with van der Waals surface area (Å²) in [5, 5.41) is 7.08. The third kappa shape index (κ3) is 3.05. The van der Waals surface area contributed by atoms with Gasteiger partial charge in [0.25, 0.3) is 0 Å².